The van der Waals surface area contributed by atoms with Crippen molar-refractivity contribution >= 4 is 0 Å². The molecule has 1 aromatic carbocycles. The van der Waals surface area contributed by atoms with Crippen LogP contribution in [0.5, 0.6) is 0 Å². The van der Waals surface area contributed by atoms with Crippen LogP contribution >= 0.6 is 0 Å². The van der Waals surface area contributed by atoms with Gasteiger partial charge >= 0.3 is 0 Å². The lowest BCUT2D eigenvalue weighted by Crippen LogP contribution is -2.31. The number of hydrazine groups is 1. The minimum atomic E-state index is -0.211. The van der Waals surface area contributed by atoms with Crippen LogP contribution in [-0.2, 0) is 12.8 Å². The molecule has 2 aromatic rings. The van der Waals surface area contributed by atoms with Crippen molar-refractivity contribution in [1.82, 2.24) is 10.4 Å². The van der Waals surface area contributed by atoms with Gasteiger partial charge in [-0.2, -0.15) is 0 Å². The van der Waals surface area contributed by atoms with Crippen LogP contribution in [0.15, 0.2) is 42.6 Å². The Labute approximate surface area is 112 Å². The molecule has 0 aliphatic rings. The van der Waals surface area contributed by atoms with Crippen molar-refractivity contribution in [2.24, 2.45) is 5.84 Å². The summed E-state index contributed by atoms with van der Waals surface area (Å²) in [6, 6.07) is 10.5. The van der Waals surface area contributed by atoms with E-state index in [1.807, 2.05) is 18.2 Å². The molecule has 3 N–H and O–H groups in total. The lowest BCUT2D eigenvalue weighted by molar-refractivity contribution is 0.515. The highest BCUT2D eigenvalue weighted by atomic mass is 19.1. The van der Waals surface area contributed by atoms with Crippen molar-refractivity contribution in [2.45, 2.75) is 25.8 Å². The zero-order valence-corrected chi connectivity index (χ0v) is 10.9. The minimum Gasteiger partial charge on any atom is -0.271 e. The Balaban J connectivity index is 2.28. The molecule has 0 saturated heterocycles. The first-order valence-corrected chi connectivity index (χ1v) is 6.39. The van der Waals surface area contributed by atoms with Gasteiger partial charge in [0.2, 0.25) is 0 Å². The standard InChI is InChI=1S/C15H18FN3/c1-2-11-7-5-9-18-15(11)14(19-17)10-12-6-3-4-8-13(12)16/h3-9,14,19H,2,10,17H2,1H3. The summed E-state index contributed by atoms with van der Waals surface area (Å²) in [4.78, 5) is 4.38. The zero-order chi connectivity index (χ0) is 13.7. The summed E-state index contributed by atoms with van der Waals surface area (Å²) < 4.78 is 13.7. The van der Waals surface area contributed by atoms with Gasteiger partial charge in [0, 0.05) is 6.20 Å². The van der Waals surface area contributed by atoms with Crippen LogP contribution in [0, 0.1) is 5.82 Å². The first-order chi connectivity index (χ1) is 9.26. The molecule has 0 radical (unpaired) electrons. The van der Waals surface area contributed by atoms with Gasteiger partial charge in [-0.3, -0.25) is 16.3 Å². The SMILES string of the molecule is CCc1cccnc1C(Cc1ccccc1F)NN. The van der Waals surface area contributed by atoms with Gasteiger partial charge < -0.3 is 0 Å². The van der Waals surface area contributed by atoms with E-state index in [9.17, 15) is 4.39 Å². The highest BCUT2D eigenvalue weighted by molar-refractivity contribution is 5.26. The number of aryl methyl sites for hydroxylation is 1. The smallest absolute Gasteiger partial charge is 0.126 e. The lowest BCUT2D eigenvalue weighted by Gasteiger charge is -2.18. The largest absolute Gasteiger partial charge is 0.271 e. The molecule has 3 nitrogen and oxygen atoms in total. The molecule has 2 rings (SSSR count). The number of benzene rings is 1. The molecule has 0 spiro atoms. The number of halogens is 1. The van der Waals surface area contributed by atoms with E-state index in [4.69, 9.17) is 5.84 Å². The fourth-order valence-electron chi connectivity index (χ4n) is 2.18. The minimum absolute atomic E-state index is 0.187. The summed E-state index contributed by atoms with van der Waals surface area (Å²) in [6.07, 6.45) is 3.09. The van der Waals surface area contributed by atoms with Crippen molar-refractivity contribution in [1.29, 1.82) is 0 Å². The number of rotatable bonds is 5. The number of hydrogen-bond donors (Lipinski definition) is 2. The first kappa shape index (κ1) is 13.6. The topological polar surface area (TPSA) is 50.9 Å². The second-order valence-corrected chi connectivity index (χ2v) is 4.42. The molecular weight excluding hydrogens is 241 g/mol. The number of nitrogens with zero attached hydrogens (tertiary/aromatic N) is 1. The third kappa shape index (κ3) is 3.16. The predicted molar refractivity (Wildman–Crippen MR) is 73.8 cm³/mol. The van der Waals surface area contributed by atoms with Crippen LogP contribution in [0.1, 0.15) is 29.8 Å². The Kier molecular flexibility index (Phi) is 4.60. The maximum atomic E-state index is 13.7. The Morgan fingerprint density at radius 2 is 1.95 bits per heavy atom. The van der Waals surface area contributed by atoms with Crippen LogP contribution in [-0.4, -0.2) is 4.98 Å². The van der Waals surface area contributed by atoms with Crippen molar-refractivity contribution in [3.05, 3.63) is 65.2 Å². The quantitative estimate of drug-likeness (QED) is 0.641. The average Bonchev–Trinajstić information content (AvgIpc) is 2.46. The van der Waals surface area contributed by atoms with Crippen LogP contribution in [0.3, 0.4) is 0 Å². The fraction of sp³-hybridized carbons (Fsp3) is 0.267. The van der Waals surface area contributed by atoms with Crippen LogP contribution in [0.2, 0.25) is 0 Å². The van der Waals surface area contributed by atoms with Crippen molar-refractivity contribution in [3.8, 4) is 0 Å². The molecule has 19 heavy (non-hydrogen) atoms. The monoisotopic (exact) mass is 259 g/mol. The molecule has 0 bridgehead atoms. The van der Waals surface area contributed by atoms with E-state index in [2.05, 4.69) is 17.3 Å². The van der Waals surface area contributed by atoms with Crippen LogP contribution < -0.4 is 11.3 Å². The fourth-order valence-corrected chi connectivity index (χ4v) is 2.18. The molecule has 1 atom stereocenters. The van der Waals surface area contributed by atoms with Gasteiger partial charge in [0.15, 0.2) is 0 Å². The molecule has 1 aromatic heterocycles. The summed E-state index contributed by atoms with van der Waals surface area (Å²) in [6.45, 7) is 2.07. The molecule has 1 heterocycles. The molecule has 4 heteroatoms. The van der Waals surface area contributed by atoms with Crippen molar-refractivity contribution in [3.63, 3.8) is 0 Å². The van der Waals surface area contributed by atoms with E-state index >= 15 is 0 Å². The summed E-state index contributed by atoms with van der Waals surface area (Å²) >= 11 is 0. The van der Waals surface area contributed by atoms with E-state index in [-0.39, 0.29) is 11.9 Å². The average molecular weight is 259 g/mol. The van der Waals surface area contributed by atoms with Crippen LogP contribution in [0.4, 0.5) is 4.39 Å². The maximum Gasteiger partial charge on any atom is 0.126 e. The normalized spacial score (nSPS) is 12.4. The third-order valence-electron chi connectivity index (χ3n) is 3.22. The maximum absolute atomic E-state index is 13.7. The number of aromatic nitrogens is 1. The summed E-state index contributed by atoms with van der Waals surface area (Å²) in [5, 5.41) is 0. The van der Waals surface area contributed by atoms with Crippen LogP contribution in [0.25, 0.3) is 0 Å². The van der Waals surface area contributed by atoms with Gasteiger partial charge in [-0.1, -0.05) is 31.2 Å². The van der Waals surface area contributed by atoms with Gasteiger partial charge in [-0.25, -0.2) is 4.39 Å². The summed E-state index contributed by atoms with van der Waals surface area (Å²) in [5.41, 5.74) is 5.39. The van der Waals surface area contributed by atoms with Gasteiger partial charge in [0.05, 0.1) is 11.7 Å². The second-order valence-electron chi connectivity index (χ2n) is 4.42. The highest BCUT2D eigenvalue weighted by Crippen LogP contribution is 2.21. The van der Waals surface area contributed by atoms with E-state index in [0.717, 1.165) is 17.7 Å². The molecule has 0 aliphatic carbocycles. The Bertz CT molecular complexity index is 542. The molecule has 0 amide bonds. The zero-order valence-electron chi connectivity index (χ0n) is 10.9. The van der Waals surface area contributed by atoms with Gasteiger partial charge in [-0.15, -0.1) is 0 Å². The molecular formula is C15H18FN3. The molecule has 0 aliphatic heterocycles. The molecule has 0 fully saturated rings. The van der Waals surface area contributed by atoms with Gasteiger partial charge in [0.1, 0.15) is 5.82 Å². The van der Waals surface area contributed by atoms with Gasteiger partial charge in [0.25, 0.3) is 0 Å². The third-order valence-corrected chi connectivity index (χ3v) is 3.22. The molecule has 0 saturated carbocycles. The predicted octanol–water partition coefficient (Wildman–Crippen LogP) is 2.53. The lowest BCUT2D eigenvalue weighted by atomic mass is 9.98. The van der Waals surface area contributed by atoms with Crippen molar-refractivity contribution in [2.75, 3.05) is 0 Å². The number of hydrogen-bond acceptors (Lipinski definition) is 3. The Morgan fingerprint density at radius 3 is 2.63 bits per heavy atom. The first-order valence-electron chi connectivity index (χ1n) is 6.39. The number of nitrogens with one attached hydrogen (secondary N) is 1. The summed E-state index contributed by atoms with van der Waals surface area (Å²) in [7, 11) is 0. The number of pyridine rings is 1. The Morgan fingerprint density at radius 1 is 1.21 bits per heavy atom. The Hall–Kier alpha value is -1.78. The molecule has 100 valence electrons. The summed E-state index contributed by atoms with van der Waals surface area (Å²) in [5.74, 6) is 5.40. The van der Waals surface area contributed by atoms with E-state index in [1.54, 1.807) is 18.3 Å². The second kappa shape index (κ2) is 6.41. The molecule has 1 unspecified atom stereocenters. The van der Waals surface area contributed by atoms with E-state index in [1.165, 1.54) is 6.07 Å². The van der Waals surface area contributed by atoms with Crippen molar-refractivity contribution < 1.29 is 4.39 Å². The highest BCUT2D eigenvalue weighted by Gasteiger charge is 2.16. The number of nitrogens with two attached hydrogens (primary N) is 1. The van der Waals surface area contributed by atoms with E-state index in [0.29, 0.717) is 12.0 Å². The van der Waals surface area contributed by atoms with Gasteiger partial charge in [-0.05, 0) is 36.1 Å². The van der Waals surface area contributed by atoms with E-state index < -0.39 is 0 Å².